The van der Waals surface area contributed by atoms with Crippen LogP contribution in [0.3, 0.4) is 0 Å². The molecule has 2 aromatic heterocycles. The lowest BCUT2D eigenvalue weighted by atomic mass is 10.2. The van der Waals surface area contributed by atoms with E-state index in [0.717, 1.165) is 5.56 Å². The van der Waals surface area contributed by atoms with Crippen LogP contribution < -0.4 is 20.1 Å². The van der Waals surface area contributed by atoms with Gasteiger partial charge in [0.1, 0.15) is 23.1 Å². The monoisotopic (exact) mass is 450 g/mol. The van der Waals surface area contributed by atoms with Crippen molar-refractivity contribution in [3.63, 3.8) is 0 Å². The first-order chi connectivity index (χ1) is 16.1. The van der Waals surface area contributed by atoms with Crippen LogP contribution in [0.1, 0.15) is 17.8 Å². The van der Waals surface area contributed by atoms with E-state index in [-0.39, 0.29) is 18.1 Å². The molecule has 9 nitrogen and oxygen atoms in total. The highest BCUT2D eigenvalue weighted by atomic mass is 19.1. The Hall–Kier alpha value is -4.21. The third-order valence-corrected chi connectivity index (χ3v) is 4.97. The Morgan fingerprint density at radius 2 is 1.85 bits per heavy atom. The van der Waals surface area contributed by atoms with Crippen molar-refractivity contribution < 1.29 is 18.7 Å². The molecule has 0 saturated carbocycles. The minimum Gasteiger partial charge on any atom is -0.497 e. The predicted octanol–water partition coefficient (Wildman–Crippen LogP) is 3.46. The molecule has 0 aliphatic rings. The highest BCUT2D eigenvalue weighted by Crippen LogP contribution is 2.29. The number of anilines is 2. The second-order valence-corrected chi connectivity index (χ2v) is 7.20. The number of carbonyl (C=O) groups is 1. The molecule has 0 bridgehead atoms. The maximum Gasteiger partial charge on any atom is 0.224 e. The number of rotatable bonds is 9. The number of hydrogen-bond acceptors (Lipinski definition) is 7. The van der Waals surface area contributed by atoms with Gasteiger partial charge in [-0.25, -0.2) is 4.39 Å². The Morgan fingerprint density at radius 3 is 2.61 bits per heavy atom. The van der Waals surface area contributed by atoms with Crippen molar-refractivity contribution in [3.05, 3.63) is 71.8 Å². The Morgan fingerprint density at radius 1 is 1.03 bits per heavy atom. The first-order valence-corrected chi connectivity index (χ1v) is 10.3. The number of nitrogens with one attached hydrogen (secondary N) is 2. The number of amides is 1. The molecule has 0 radical (unpaired) electrons. The molecule has 2 heterocycles. The molecule has 33 heavy (non-hydrogen) atoms. The van der Waals surface area contributed by atoms with Crippen molar-refractivity contribution in [1.29, 1.82) is 0 Å². The van der Waals surface area contributed by atoms with Crippen molar-refractivity contribution in [3.8, 4) is 11.5 Å². The van der Waals surface area contributed by atoms with Crippen LogP contribution in [0.2, 0.25) is 0 Å². The number of aromatic nitrogens is 4. The number of halogens is 1. The lowest BCUT2D eigenvalue weighted by Crippen LogP contribution is -2.14. The average molecular weight is 450 g/mol. The van der Waals surface area contributed by atoms with Gasteiger partial charge in [-0.05, 0) is 42.0 Å². The maximum absolute atomic E-state index is 13.1. The van der Waals surface area contributed by atoms with E-state index in [4.69, 9.17) is 9.47 Å². The Kier molecular flexibility index (Phi) is 6.63. The zero-order chi connectivity index (χ0) is 23.2. The van der Waals surface area contributed by atoms with Gasteiger partial charge in [-0.1, -0.05) is 12.1 Å². The van der Waals surface area contributed by atoms with E-state index < -0.39 is 0 Å². The SMILES string of the molecule is COc1ccc(OC)c(NC(=O)CCc2nnc3ccc(NCc4ccc(F)cc4)nn23)c1. The van der Waals surface area contributed by atoms with Crippen molar-refractivity contribution in [2.75, 3.05) is 24.9 Å². The molecule has 0 fully saturated rings. The smallest absolute Gasteiger partial charge is 0.224 e. The number of hydrogen-bond donors (Lipinski definition) is 2. The van der Waals surface area contributed by atoms with Gasteiger partial charge in [0.25, 0.3) is 0 Å². The number of benzene rings is 2. The van der Waals surface area contributed by atoms with E-state index in [2.05, 4.69) is 25.9 Å². The Labute approximate surface area is 189 Å². The van der Waals surface area contributed by atoms with Gasteiger partial charge < -0.3 is 20.1 Å². The van der Waals surface area contributed by atoms with Gasteiger partial charge in [0.2, 0.25) is 5.91 Å². The minimum atomic E-state index is -0.277. The summed E-state index contributed by atoms with van der Waals surface area (Å²) >= 11 is 0. The predicted molar refractivity (Wildman–Crippen MR) is 121 cm³/mol. The van der Waals surface area contributed by atoms with Crippen LogP contribution >= 0.6 is 0 Å². The molecular weight excluding hydrogens is 427 g/mol. The van der Waals surface area contributed by atoms with Crippen LogP contribution in [0, 0.1) is 5.82 Å². The van der Waals surface area contributed by atoms with Gasteiger partial charge in [0.05, 0.1) is 19.9 Å². The van der Waals surface area contributed by atoms with Crippen LogP contribution in [0.15, 0.2) is 54.6 Å². The molecule has 4 rings (SSSR count). The van der Waals surface area contributed by atoms with Crippen molar-refractivity contribution >= 4 is 23.1 Å². The standard InChI is InChI=1S/C23H23FN6O3/c1-32-17-7-8-19(33-2)18(13-17)26-23(31)12-11-22-28-27-21-10-9-20(29-30(21)22)25-14-15-3-5-16(24)6-4-15/h3-10,13H,11-12,14H2,1-2H3,(H,25,29)(H,26,31). The van der Waals surface area contributed by atoms with Crippen molar-refractivity contribution in [2.45, 2.75) is 19.4 Å². The van der Waals surface area contributed by atoms with Gasteiger partial charge in [0, 0.05) is 25.5 Å². The lowest BCUT2D eigenvalue weighted by molar-refractivity contribution is -0.116. The fraction of sp³-hybridized carbons (Fsp3) is 0.217. The quantitative estimate of drug-likeness (QED) is 0.403. The molecule has 10 heteroatoms. The number of methoxy groups -OCH3 is 2. The summed E-state index contributed by atoms with van der Waals surface area (Å²) in [5.74, 6) is 1.84. The van der Waals surface area contributed by atoms with Crippen LogP contribution in [0.4, 0.5) is 15.9 Å². The fourth-order valence-corrected chi connectivity index (χ4v) is 3.23. The van der Waals surface area contributed by atoms with E-state index in [9.17, 15) is 9.18 Å². The molecule has 0 atom stereocenters. The highest BCUT2D eigenvalue weighted by molar-refractivity contribution is 5.92. The van der Waals surface area contributed by atoms with E-state index in [1.165, 1.54) is 19.2 Å². The van der Waals surface area contributed by atoms with E-state index >= 15 is 0 Å². The second kappa shape index (κ2) is 9.94. The number of carbonyl (C=O) groups excluding carboxylic acids is 1. The van der Waals surface area contributed by atoms with Gasteiger partial charge in [0.15, 0.2) is 11.5 Å². The van der Waals surface area contributed by atoms with Gasteiger partial charge in [-0.3, -0.25) is 4.79 Å². The maximum atomic E-state index is 13.1. The first-order valence-electron chi connectivity index (χ1n) is 10.3. The number of fused-ring (bicyclic) bond motifs is 1. The number of ether oxygens (including phenoxy) is 2. The lowest BCUT2D eigenvalue weighted by Gasteiger charge is -2.11. The van der Waals surface area contributed by atoms with Gasteiger partial charge in [-0.2, -0.15) is 4.52 Å². The van der Waals surface area contributed by atoms with Crippen LogP contribution in [-0.4, -0.2) is 39.9 Å². The van der Waals surface area contributed by atoms with Crippen LogP contribution in [-0.2, 0) is 17.8 Å². The largest absolute Gasteiger partial charge is 0.497 e. The summed E-state index contributed by atoms with van der Waals surface area (Å²) in [7, 11) is 3.09. The molecule has 170 valence electrons. The summed E-state index contributed by atoms with van der Waals surface area (Å²) in [6.07, 6.45) is 0.518. The van der Waals surface area contributed by atoms with Crippen molar-refractivity contribution in [2.24, 2.45) is 0 Å². The molecule has 0 saturated heterocycles. The number of nitrogens with zero attached hydrogens (tertiary/aromatic N) is 4. The first kappa shape index (κ1) is 22.0. The van der Waals surface area contributed by atoms with Crippen molar-refractivity contribution in [1.82, 2.24) is 19.8 Å². The summed E-state index contributed by atoms with van der Waals surface area (Å²) in [4.78, 5) is 12.5. The second-order valence-electron chi connectivity index (χ2n) is 7.20. The molecule has 1 amide bonds. The summed E-state index contributed by atoms with van der Waals surface area (Å²) in [5, 5.41) is 18.8. The minimum absolute atomic E-state index is 0.177. The molecule has 0 aliphatic carbocycles. The molecule has 0 spiro atoms. The Balaban J connectivity index is 1.41. The summed E-state index contributed by atoms with van der Waals surface area (Å²) < 4.78 is 25.2. The molecule has 4 aromatic rings. The number of aryl methyl sites for hydroxylation is 1. The molecule has 2 N–H and O–H groups in total. The van der Waals surface area contributed by atoms with Crippen LogP contribution in [0.25, 0.3) is 5.65 Å². The third kappa shape index (κ3) is 5.35. The Bertz CT molecular complexity index is 1260. The summed E-state index contributed by atoms with van der Waals surface area (Å²) in [6, 6.07) is 15.0. The van der Waals surface area contributed by atoms with Crippen LogP contribution in [0.5, 0.6) is 11.5 Å². The zero-order valence-corrected chi connectivity index (χ0v) is 18.2. The van der Waals surface area contributed by atoms with Gasteiger partial charge in [-0.15, -0.1) is 15.3 Å². The molecule has 0 aliphatic heterocycles. The zero-order valence-electron chi connectivity index (χ0n) is 18.2. The highest BCUT2D eigenvalue weighted by Gasteiger charge is 2.13. The fourth-order valence-electron chi connectivity index (χ4n) is 3.23. The van der Waals surface area contributed by atoms with E-state index in [0.29, 0.717) is 47.4 Å². The topological polar surface area (TPSA) is 103 Å². The van der Waals surface area contributed by atoms with Gasteiger partial charge >= 0.3 is 0 Å². The average Bonchev–Trinajstić information content (AvgIpc) is 3.24. The van der Waals surface area contributed by atoms with E-state index in [1.807, 2.05) is 0 Å². The normalized spacial score (nSPS) is 10.8. The molecule has 2 aromatic carbocycles. The molecular formula is C23H23FN6O3. The summed E-state index contributed by atoms with van der Waals surface area (Å²) in [5.41, 5.74) is 2.03. The molecule has 0 unspecified atom stereocenters. The van der Waals surface area contributed by atoms with E-state index in [1.54, 1.807) is 54.1 Å². The third-order valence-electron chi connectivity index (χ3n) is 4.97. The summed E-state index contributed by atoms with van der Waals surface area (Å²) in [6.45, 7) is 0.487.